The van der Waals surface area contributed by atoms with Crippen LogP contribution in [0.15, 0.2) is 46.9 Å². The second-order valence-corrected chi connectivity index (χ2v) is 11.7. The van der Waals surface area contributed by atoms with E-state index in [0.717, 1.165) is 17.0 Å². The number of carbonyl (C=O) groups is 2. The fourth-order valence-electron chi connectivity index (χ4n) is 3.13. The van der Waals surface area contributed by atoms with Crippen molar-refractivity contribution >= 4 is 66.7 Å². The number of halogens is 3. The van der Waals surface area contributed by atoms with Gasteiger partial charge in [-0.3, -0.25) is 13.9 Å². The average molecular weight is 593 g/mol. The van der Waals surface area contributed by atoms with Gasteiger partial charge in [-0.05, 0) is 56.2 Å². The van der Waals surface area contributed by atoms with Gasteiger partial charge in [-0.15, -0.1) is 0 Å². The van der Waals surface area contributed by atoms with Crippen LogP contribution in [0.5, 0.6) is 0 Å². The maximum absolute atomic E-state index is 13.5. The van der Waals surface area contributed by atoms with Crippen molar-refractivity contribution in [3.05, 3.63) is 62.5 Å². The summed E-state index contributed by atoms with van der Waals surface area (Å²) in [7, 11) is -3.80. The highest BCUT2D eigenvalue weighted by molar-refractivity contribution is 9.10. The minimum Gasteiger partial charge on any atom is -0.352 e. The Morgan fingerprint density at radius 2 is 1.79 bits per heavy atom. The monoisotopic (exact) mass is 591 g/mol. The van der Waals surface area contributed by atoms with Crippen LogP contribution in [0.4, 0.5) is 5.69 Å². The van der Waals surface area contributed by atoms with Crippen molar-refractivity contribution in [1.29, 1.82) is 0 Å². The average Bonchev–Trinajstić information content (AvgIpc) is 2.75. The molecule has 0 saturated heterocycles. The molecule has 186 valence electrons. The van der Waals surface area contributed by atoms with Gasteiger partial charge in [-0.25, -0.2) is 8.42 Å². The van der Waals surface area contributed by atoms with Crippen LogP contribution in [-0.2, 0) is 26.2 Å². The Morgan fingerprint density at radius 1 is 1.12 bits per heavy atom. The topological polar surface area (TPSA) is 86.8 Å². The number of amides is 2. The van der Waals surface area contributed by atoms with Crippen molar-refractivity contribution in [2.45, 2.75) is 45.8 Å². The molecule has 0 aliphatic heterocycles. The van der Waals surface area contributed by atoms with Gasteiger partial charge in [0.15, 0.2) is 0 Å². The van der Waals surface area contributed by atoms with Crippen molar-refractivity contribution in [1.82, 2.24) is 10.2 Å². The zero-order valence-corrected chi connectivity index (χ0v) is 23.3. The highest BCUT2D eigenvalue weighted by atomic mass is 79.9. The number of sulfonamides is 1. The normalized spacial score (nSPS) is 13.1. The maximum atomic E-state index is 13.5. The molecule has 1 N–H and O–H groups in total. The quantitative estimate of drug-likeness (QED) is 0.427. The highest BCUT2D eigenvalue weighted by Gasteiger charge is 2.30. The lowest BCUT2D eigenvalue weighted by atomic mass is 10.1. The van der Waals surface area contributed by atoms with Crippen LogP contribution in [0.1, 0.15) is 32.8 Å². The summed E-state index contributed by atoms with van der Waals surface area (Å²) in [5.41, 5.74) is 0.905. The predicted molar refractivity (Wildman–Crippen MR) is 141 cm³/mol. The van der Waals surface area contributed by atoms with Crippen LogP contribution >= 0.6 is 39.1 Å². The minimum absolute atomic E-state index is 0.0000141. The second-order valence-electron chi connectivity index (χ2n) is 8.00. The zero-order valence-electron chi connectivity index (χ0n) is 19.4. The molecule has 0 spiro atoms. The van der Waals surface area contributed by atoms with E-state index in [9.17, 15) is 18.0 Å². The summed E-state index contributed by atoms with van der Waals surface area (Å²) in [5.74, 6) is -0.899. The molecular weight excluding hydrogens is 565 g/mol. The van der Waals surface area contributed by atoms with Gasteiger partial charge in [0.25, 0.3) is 0 Å². The predicted octanol–water partition coefficient (Wildman–Crippen LogP) is 4.85. The number of hydrogen-bond acceptors (Lipinski definition) is 4. The molecule has 0 aliphatic rings. The van der Waals surface area contributed by atoms with Gasteiger partial charge in [-0.2, -0.15) is 0 Å². The molecule has 0 heterocycles. The Balaban J connectivity index is 2.42. The lowest BCUT2D eigenvalue weighted by Crippen LogP contribution is -2.52. The molecule has 0 fully saturated rings. The molecule has 0 radical (unpaired) electrons. The molecule has 34 heavy (non-hydrogen) atoms. The standard InChI is InChI=1S/C23H28BrCl2N3O4S/c1-5-15(2)27-23(31)16(3)28(13-17-9-10-19(25)12-21(17)26)22(30)14-29(34(4,32)33)20-8-6-7-18(24)11-20/h6-12,15-16H,5,13-14H2,1-4H3,(H,27,31)/t15-,16+/m0/s1. The first-order valence-electron chi connectivity index (χ1n) is 10.6. The number of nitrogens with one attached hydrogen (secondary N) is 1. The summed E-state index contributed by atoms with van der Waals surface area (Å²) < 4.78 is 26.8. The van der Waals surface area contributed by atoms with E-state index < -0.39 is 28.5 Å². The van der Waals surface area contributed by atoms with Crippen molar-refractivity contribution in [2.24, 2.45) is 0 Å². The molecule has 2 rings (SSSR count). The van der Waals surface area contributed by atoms with E-state index in [-0.39, 0.29) is 18.5 Å². The molecule has 0 bridgehead atoms. The summed E-state index contributed by atoms with van der Waals surface area (Å²) in [5, 5.41) is 3.65. The van der Waals surface area contributed by atoms with Crippen LogP contribution in [0.25, 0.3) is 0 Å². The van der Waals surface area contributed by atoms with Crippen molar-refractivity contribution in [3.63, 3.8) is 0 Å². The molecule has 7 nitrogen and oxygen atoms in total. The molecule has 2 aromatic rings. The first-order valence-corrected chi connectivity index (χ1v) is 14.0. The Bertz CT molecular complexity index is 1150. The van der Waals surface area contributed by atoms with Crippen LogP contribution in [-0.4, -0.2) is 50.0 Å². The van der Waals surface area contributed by atoms with E-state index in [1.54, 1.807) is 49.4 Å². The van der Waals surface area contributed by atoms with Crippen molar-refractivity contribution in [2.75, 3.05) is 17.1 Å². The smallest absolute Gasteiger partial charge is 0.244 e. The van der Waals surface area contributed by atoms with E-state index in [1.165, 1.54) is 4.90 Å². The lowest BCUT2D eigenvalue weighted by molar-refractivity contribution is -0.139. The fraction of sp³-hybridized carbons (Fsp3) is 0.391. The number of carbonyl (C=O) groups excluding carboxylic acids is 2. The van der Waals surface area contributed by atoms with E-state index >= 15 is 0 Å². The van der Waals surface area contributed by atoms with E-state index in [0.29, 0.717) is 25.8 Å². The van der Waals surface area contributed by atoms with Crippen LogP contribution in [0, 0.1) is 0 Å². The van der Waals surface area contributed by atoms with Gasteiger partial charge in [0, 0.05) is 27.1 Å². The molecule has 2 aromatic carbocycles. The van der Waals surface area contributed by atoms with Gasteiger partial charge in [0.05, 0.1) is 11.9 Å². The highest BCUT2D eigenvalue weighted by Crippen LogP contribution is 2.25. The Kier molecular flexibility index (Phi) is 10.2. The Hall–Kier alpha value is -1.81. The molecular formula is C23H28BrCl2N3O4S. The molecule has 0 aliphatic carbocycles. The summed E-state index contributed by atoms with van der Waals surface area (Å²) >= 11 is 15.6. The van der Waals surface area contributed by atoms with E-state index in [1.807, 2.05) is 13.8 Å². The summed E-state index contributed by atoms with van der Waals surface area (Å²) in [6.07, 6.45) is 1.75. The Morgan fingerprint density at radius 3 is 2.35 bits per heavy atom. The van der Waals surface area contributed by atoms with E-state index in [4.69, 9.17) is 23.2 Å². The third-order valence-corrected chi connectivity index (χ3v) is 7.52. The van der Waals surface area contributed by atoms with E-state index in [2.05, 4.69) is 21.2 Å². The van der Waals surface area contributed by atoms with Gasteiger partial charge in [0.2, 0.25) is 21.8 Å². The first-order chi connectivity index (χ1) is 15.8. The zero-order chi connectivity index (χ0) is 25.6. The summed E-state index contributed by atoms with van der Waals surface area (Å²) in [6, 6.07) is 10.5. The fourth-order valence-corrected chi connectivity index (χ4v) is 4.82. The largest absolute Gasteiger partial charge is 0.352 e. The number of anilines is 1. The number of rotatable bonds is 10. The number of benzene rings is 2. The van der Waals surface area contributed by atoms with Gasteiger partial charge in [0.1, 0.15) is 12.6 Å². The SMILES string of the molecule is CC[C@H](C)NC(=O)[C@@H](C)N(Cc1ccc(Cl)cc1Cl)C(=O)CN(c1cccc(Br)c1)S(C)(=O)=O. The van der Waals surface area contributed by atoms with Gasteiger partial charge >= 0.3 is 0 Å². The molecule has 11 heteroatoms. The third-order valence-electron chi connectivity index (χ3n) is 5.30. The lowest BCUT2D eigenvalue weighted by Gasteiger charge is -2.32. The number of nitrogens with zero attached hydrogens (tertiary/aromatic N) is 2. The molecule has 0 saturated carbocycles. The van der Waals surface area contributed by atoms with Crippen LogP contribution < -0.4 is 9.62 Å². The number of hydrogen-bond donors (Lipinski definition) is 1. The molecule has 2 atom stereocenters. The molecule has 2 amide bonds. The molecule has 0 unspecified atom stereocenters. The van der Waals surface area contributed by atoms with Crippen molar-refractivity contribution in [3.8, 4) is 0 Å². The third kappa shape index (κ3) is 7.86. The second kappa shape index (κ2) is 12.2. The van der Waals surface area contributed by atoms with Gasteiger partial charge < -0.3 is 10.2 Å². The first kappa shape index (κ1) is 28.4. The summed E-state index contributed by atoms with van der Waals surface area (Å²) in [4.78, 5) is 27.7. The minimum atomic E-state index is -3.80. The van der Waals surface area contributed by atoms with Crippen LogP contribution in [0.3, 0.4) is 0 Å². The van der Waals surface area contributed by atoms with Crippen LogP contribution in [0.2, 0.25) is 10.0 Å². The molecule has 0 aromatic heterocycles. The Labute approximate surface area is 219 Å². The summed E-state index contributed by atoms with van der Waals surface area (Å²) in [6.45, 7) is 4.92. The van der Waals surface area contributed by atoms with Crippen molar-refractivity contribution < 1.29 is 18.0 Å². The maximum Gasteiger partial charge on any atom is 0.244 e. The van der Waals surface area contributed by atoms with Gasteiger partial charge in [-0.1, -0.05) is 58.2 Å².